The summed E-state index contributed by atoms with van der Waals surface area (Å²) in [5, 5.41) is 3.55. The van der Waals surface area contributed by atoms with E-state index in [9.17, 15) is 18.0 Å². The second-order valence-electron chi connectivity index (χ2n) is 7.14. The van der Waals surface area contributed by atoms with Crippen LogP contribution in [0.2, 0.25) is 5.02 Å². The van der Waals surface area contributed by atoms with Crippen molar-refractivity contribution in [1.82, 2.24) is 9.29 Å². The minimum atomic E-state index is -3.78. The summed E-state index contributed by atoms with van der Waals surface area (Å²) in [5.41, 5.74) is 1.81. The van der Waals surface area contributed by atoms with Gasteiger partial charge in [0.1, 0.15) is 4.90 Å². The monoisotopic (exact) mass is 475 g/mol. The number of fused-ring (bicyclic) bond motifs is 1. The van der Waals surface area contributed by atoms with Crippen LogP contribution in [-0.4, -0.2) is 50.3 Å². The van der Waals surface area contributed by atoms with E-state index in [1.54, 1.807) is 0 Å². The lowest BCUT2D eigenvalue weighted by molar-refractivity contribution is -0.147. The number of aryl methyl sites for hydroxylation is 1. The van der Waals surface area contributed by atoms with Crippen LogP contribution >= 0.6 is 11.6 Å². The first-order chi connectivity index (χ1) is 15.2. The second kappa shape index (κ2) is 10.1. The number of aromatic nitrogens is 1. The van der Waals surface area contributed by atoms with E-state index in [1.165, 1.54) is 32.3 Å². The molecule has 0 aliphatic carbocycles. The van der Waals surface area contributed by atoms with Crippen LogP contribution in [0.5, 0.6) is 0 Å². The smallest absolute Gasteiger partial charge is 0.306 e. The average Bonchev–Trinajstić information content (AvgIpc) is 2.77. The Labute approximate surface area is 191 Å². The quantitative estimate of drug-likeness (QED) is 0.501. The third-order valence-electron chi connectivity index (χ3n) is 4.58. The van der Waals surface area contributed by atoms with Gasteiger partial charge in [-0.3, -0.25) is 14.6 Å². The minimum absolute atomic E-state index is 0.0328. The Morgan fingerprint density at radius 3 is 2.59 bits per heavy atom. The second-order valence-corrected chi connectivity index (χ2v) is 9.66. The zero-order valence-electron chi connectivity index (χ0n) is 17.5. The third-order valence-corrected chi connectivity index (χ3v) is 6.88. The molecule has 8 nitrogen and oxygen atoms in total. The van der Waals surface area contributed by atoms with Crippen molar-refractivity contribution in [1.29, 1.82) is 0 Å². The van der Waals surface area contributed by atoms with E-state index in [2.05, 4.69) is 10.3 Å². The highest BCUT2D eigenvalue weighted by Gasteiger charge is 2.21. The van der Waals surface area contributed by atoms with Gasteiger partial charge in [-0.15, -0.1) is 0 Å². The number of rotatable bonds is 8. The average molecular weight is 476 g/mol. The molecule has 0 bridgehead atoms. The van der Waals surface area contributed by atoms with Crippen LogP contribution in [0.1, 0.15) is 12.1 Å². The van der Waals surface area contributed by atoms with Crippen LogP contribution in [0.15, 0.2) is 59.5 Å². The number of benzene rings is 2. The molecule has 0 atom stereocenters. The molecule has 0 fully saturated rings. The van der Waals surface area contributed by atoms with Crippen molar-refractivity contribution in [2.24, 2.45) is 0 Å². The lowest BCUT2D eigenvalue weighted by atomic mass is 10.1. The molecule has 32 heavy (non-hydrogen) atoms. The molecule has 1 N–H and O–H groups in total. The standard InChI is InChI=1S/C22H22ClN3O5S/c1-26(2)32(29,30)20-13-17(9-11-18(20)23)25-21(27)14-31-22(28)12-10-16-8-7-15-5-3-4-6-19(15)24-16/h3-9,11,13H,10,12,14H2,1-2H3,(H,25,27). The van der Waals surface area contributed by atoms with E-state index >= 15 is 0 Å². The number of ether oxygens (including phenoxy) is 1. The van der Waals surface area contributed by atoms with Gasteiger partial charge in [-0.05, 0) is 30.3 Å². The number of hydrogen-bond acceptors (Lipinski definition) is 6. The van der Waals surface area contributed by atoms with Crippen molar-refractivity contribution in [2.45, 2.75) is 17.7 Å². The number of pyridine rings is 1. The van der Waals surface area contributed by atoms with Crippen LogP contribution in [-0.2, 0) is 30.8 Å². The normalized spacial score (nSPS) is 11.5. The highest BCUT2D eigenvalue weighted by molar-refractivity contribution is 7.89. The minimum Gasteiger partial charge on any atom is -0.456 e. The first-order valence-corrected chi connectivity index (χ1v) is 11.5. The van der Waals surface area contributed by atoms with Gasteiger partial charge >= 0.3 is 5.97 Å². The maximum absolute atomic E-state index is 12.3. The van der Waals surface area contributed by atoms with Crippen molar-refractivity contribution in [3.63, 3.8) is 0 Å². The zero-order chi connectivity index (χ0) is 23.3. The van der Waals surface area contributed by atoms with Crippen LogP contribution < -0.4 is 5.32 Å². The number of nitrogens with zero attached hydrogens (tertiary/aromatic N) is 2. The number of para-hydroxylation sites is 1. The van der Waals surface area contributed by atoms with Gasteiger partial charge in [0, 0.05) is 37.3 Å². The van der Waals surface area contributed by atoms with Crippen molar-refractivity contribution >= 4 is 50.1 Å². The topological polar surface area (TPSA) is 106 Å². The van der Waals surface area contributed by atoms with Gasteiger partial charge in [0.15, 0.2) is 6.61 Å². The van der Waals surface area contributed by atoms with E-state index in [4.69, 9.17) is 16.3 Å². The maximum Gasteiger partial charge on any atom is 0.306 e. The summed E-state index contributed by atoms with van der Waals surface area (Å²) in [6.07, 6.45) is 0.457. The summed E-state index contributed by atoms with van der Waals surface area (Å²) in [4.78, 5) is 28.5. The number of carbonyl (C=O) groups is 2. The van der Waals surface area contributed by atoms with Gasteiger partial charge in [-0.1, -0.05) is 35.9 Å². The fraction of sp³-hybridized carbons (Fsp3) is 0.227. The van der Waals surface area contributed by atoms with E-state index in [0.29, 0.717) is 6.42 Å². The van der Waals surface area contributed by atoms with E-state index in [1.807, 2.05) is 36.4 Å². The molecule has 0 aliphatic rings. The molecule has 2 aromatic carbocycles. The summed E-state index contributed by atoms with van der Waals surface area (Å²) < 4.78 is 30.7. The van der Waals surface area contributed by atoms with Gasteiger partial charge < -0.3 is 10.1 Å². The fourth-order valence-corrected chi connectivity index (χ4v) is 4.26. The molecular formula is C22H22ClN3O5S. The molecule has 1 amide bonds. The number of nitrogens with one attached hydrogen (secondary N) is 1. The van der Waals surface area contributed by atoms with Crippen LogP contribution in [0.3, 0.4) is 0 Å². The molecule has 0 unspecified atom stereocenters. The fourth-order valence-electron chi connectivity index (χ4n) is 2.87. The molecule has 0 saturated heterocycles. The predicted molar refractivity (Wildman–Crippen MR) is 122 cm³/mol. The Bertz CT molecular complexity index is 1260. The number of amides is 1. The summed E-state index contributed by atoms with van der Waals surface area (Å²) in [5.74, 6) is -1.14. The Hall–Kier alpha value is -3.01. The maximum atomic E-state index is 12.3. The molecule has 1 heterocycles. The molecule has 1 aromatic heterocycles. The molecule has 0 saturated carbocycles. The van der Waals surface area contributed by atoms with E-state index < -0.39 is 28.5 Å². The van der Waals surface area contributed by atoms with Gasteiger partial charge in [0.25, 0.3) is 5.91 Å². The first kappa shape index (κ1) is 23.6. The number of esters is 1. The molecule has 0 radical (unpaired) electrons. The van der Waals surface area contributed by atoms with Crippen molar-refractivity contribution in [2.75, 3.05) is 26.0 Å². The number of sulfonamides is 1. The molecule has 3 aromatic rings. The van der Waals surface area contributed by atoms with Crippen LogP contribution in [0, 0.1) is 0 Å². The summed E-state index contributed by atoms with van der Waals surface area (Å²) in [6.45, 7) is -0.498. The zero-order valence-corrected chi connectivity index (χ0v) is 19.1. The molecule has 0 aliphatic heterocycles. The first-order valence-electron chi connectivity index (χ1n) is 9.69. The van der Waals surface area contributed by atoms with Gasteiger partial charge in [0.2, 0.25) is 10.0 Å². The highest BCUT2D eigenvalue weighted by Crippen LogP contribution is 2.26. The molecule has 168 valence electrons. The molecular weight excluding hydrogens is 454 g/mol. The van der Waals surface area contributed by atoms with Crippen molar-refractivity contribution in [3.8, 4) is 0 Å². The third kappa shape index (κ3) is 5.82. The Morgan fingerprint density at radius 2 is 1.84 bits per heavy atom. The number of carbonyl (C=O) groups excluding carboxylic acids is 2. The molecule has 0 spiro atoms. The Kier molecular flexibility index (Phi) is 7.44. The lowest BCUT2D eigenvalue weighted by Crippen LogP contribution is -2.23. The van der Waals surface area contributed by atoms with E-state index in [0.717, 1.165) is 20.9 Å². The predicted octanol–water partition coefficient (Wildman–Crippen LogP) is 3.25. The molecule has 10 heteroatoms. The van der Waals surface area contributed by atoms with Crippen LogP contribution in [0.4, 0.5) is 5.69 Å². The largest absolute Gasteiger partial charge is 0.456 e. The summed E-state index contributed by atoms with van der Waals surface area (Å²) in [6, 6.07) is 15.5. The summed E-state index contributed by atoms with van der Waals surface area (Å²) >= 11 is 5.99. The summed E-state index contributed by atoms with van der Waals surface area (Å²) in [7, 11) is -1.02. The number of halogens is 1. The highest BCUT2D eigenvalue weighted by atomic mass is 35.5. The SMILES string of the molecule is CN(C)S(=O)(=O)c1cc(NC(=O)COC(=O)CCc2ccc3ccccc3n2)ccc1Cl. The van der Waals surface area contributed by atoms with Gasteiger partial charge in [-0.2, -0.15) is 0 Å². The lowest BCUT2D eigenvalue weighted by Gasteiger charge is -2.14. The Morgan fingerprint density at radius 1 is 1.09 bits per heavy atom. The number of hydrogen-bond donors (Lipinski definition) is 1. The van der Waals surface area contributed by atoms with Crippen molar-refractivity contribution < 1.29 is 22.7 Å². The van der Waals surface area contributed by atoms with Crippen LogP contribution in [0.25, 0.3) is 10.9 Å². The molecule has 3 rings (SSSR count). The van der Waals surface area contributed by atoms with Gasteiger partial charge in [-0.25, -0.2) is 12.7 Å². The Balaban J connectivity index is 1.52. The number of anilines is 1. The van der Waals surface area contributed by atoms with E-state index in [-0.39, 0.29) is 22.0 Å². The van der Waals surface area contributed by atoms with Crippen molar-refractivity contribution in [3.05, 3.63) is 65.3 Å². The van der Waals surface area contributed by atoms with Gasteiger partial charge in [0.05, 0.1) is 17.0 Å².